The van der Waals surface area contributed by atoms with Crippen LogP contribution in [0.25, 0.3) is 0 Å². The molecule has 0 heterocycles. The summed E-state index contributed by atoms with van der Waals surface area (Å²) in [6, 6.07) is 6.89. The van der Waals surface area contributed by atoms with Gasteiger partial charge in [0.05, 0.1) is 5.97 Å². The molecule has 0 atom stereocenters. The van der Waals surface area contributed by atoms with E-state index >= 15 is 0 Å². The molecule has 1 aromatic rings. The standard InChI is InChI=1S/C16H32O2.C10H12O2.2C4H9.Sn/c1-2-3-4-5-6-7-8-9-10-11-12-13-14-15-16(17)18;1-2-4-8-5-3-6-9(7-8)10(11)12;2*1-3-4-2;/h2-15H2,1H3,(H,17,18);3,5-7H,2,4H2,1H3,(H,11,12);2*1,3-4H2,2H3;/q;;;;+2/p-2. The molecule has 0 fully saturated rings. The second kappa shape index (κ2) is 39.1. The second-order valence-corrected chi connectivity index (χ2v) is 9.81. The molecule has 0 aliphatic rings. The van der Waals surface area contributed by atoms with E-state index in [4.69, 9.17) is 0 Å². The molecule has 4 nitrogen and oxygen atoms in total. The van der Waals surface area contributed by atoms with Crippen LogP contribution in [0.2, 0.25) is 0 Å². The third-order valence-electron chi connectivity index (χ3n) is 5.89. The summed E-state index contributed by atoms with van der Waals surface area (Å²) in [5, 5.41) is 20.6. The van der Waals surface area contributed by atoms with E-state index in [0.29, 0.717) is 0 Å². The quantitative estimate of drug-likeness (QED) is 0.112. The second-order valence-electron chi connectivity index (χ2n) is 9.81. The summed E-state index contributed by atoms with van der Waals surface area (Å²) >= 11 is 0. The number of carbonyl (C=O) groups excluding carboxylic acids is 2. The zero-order valence-corrected chi connectivity index (χ0v) is 28.9. The average Bonchev–Trinajstić information content (AvgIpc) is 2.92. The Morgan fingerprint density at radius 2 is 1.05 bits per heavy atom. The van der Waals surface area contributed by atoms with Gasteiger partial charge in [-0.15, -0.1) is 0 Å². The predicted molar refractivity (Wildman–Crippen MR) is 166 cm³/mol. The molecule has 0 aliphatic carbocycles. The Hall–Kier alpha value is -1.04. The number of aromatic carboxylic acids is 1. The van der Waals surface area contributed by atoms with E-state index in [-0.39, 0.29) is 35.9 Å². The van der Waals surface area contributed by atoms with E-state index in [9.17, 15) is 19.8 Å². The molecule has 0 unspecified atom stereocenters. The molecule has 1 rings (SSSR count). The zero-order valence-electron chi connectivity index (χ0n) is 26.0. The minimum absolute atomic E-state index is 0. The molecule has 0 saturated carbocycles. The van der Waals surface area contributed by atoms with Gasteiger partial charge < -0.3 is 19.8 Å². The van der Waals surface area contributed by atoms with E-state index in [1.54, 1.807) is 18.2 Å². The van der Waals surface area contributed by atoms with Crippen LogP contribution in [0, 0.1) is 13.8 Å². The fraction of sp³-hybridized carbons (Fsp3) is 0.706. The molecular formula is C34H60O4Sn. The summed E-state index contributed by atoms with van der Waals surface area (Å²) in [6.45, 7) is 15.8. The summed E-state index contributed by atoms with van der Waals surface area (Å²) < 4.78 is 0. The monoisotopic (exact) mass is 652 g/mol. The first-order chi connectivity index (χ1) is 18.3. The van der Waals surface area contributed by atoms with E-state index in [1.165, 1.54) is 83.5 Å². The molecule has 39 heavy (non-hydrogen) atoms. The van der Waals surface area contributed by atoms with E-state index < -0.39 is 11.9 Å². The number of aliphatic carboxylic acids is 1. The topological polar surface area (TPSA) is 80.3 Å². The molecule has 4 radical (unpaired) electrons. The van der Waals surface area contributed by atoms with Gasteiger partial charge in [0.2, 0.25) is 0 Å². The van der Waals surface area contributed by atoms with Crippen LogP contribution < -0.4 is 10.2 Å². The van der Waals surface area contributed by atoms with Gasteiger partial charge in [-0.05, 0) is 36.5 Å². The van der Waals surface area contributed by atoms with Crippen molar-refractivity contribution in [1.29, 1.82) is 0 Å². The Morgan fingerprint density at radius 3 is 1.38 bits per heavy atom. The summed E-state index contributed by atoms with van der Waals surface area (Å²) in [6.07, 6.45) is 23.4. The van der Waals surface area contributed by atoms with Crippen molar-refractivity contribution < 1.29 is 19.8 Å². The number of aryl methyl sites for hydroxylation is 1. The van der Waals surface area contributed by atoms with Crippen molar-refractivity contribution in [1.82, 2.24) is 0 Å². The fourth-order valence-corrected chi connectivity index (χ4v) is 3.43. The van der Waals surface area contributed by atoms with E-state index in [2.05, 4.69) is 41.5 Å². The molecule has 0 saturated heterocycles. The van der Waals surface area contributed by atoms with Crippen LogP contribution in [0.4, 0.5) is 0 Å². The van der Waals surface area contributed by atoms with E-state index in [0.717, 1.165) is 44.1 Å². The van der Waals surface area contributed by atoms with E-state index in [1.807, 2.05) is 6.07 Å². The molecule has 5 heteroatoms. The van der Waals surface area contributed by atoms with Crippen molar-refractivity contribution in [3.8, 4) is 0 Å². The third kappa shape index (κ3) is 41.6. The normalized spacial score (nSPS) is 9.49. The molecule has 0 spiro atoms. The number of rotatable bonds is 19. The zero-order chi connectivity index (χ0) is 29.3. The first-order valence-corrected chi connectivity index (χ1v) is 15.4. The molecule has 0 bridgehead atoms. The van der Waals surface area contributed by atoms with Crippen LogP contribution in [0.3, 0.4) is 0 Å². The number of benzene rings is 1. The van der Waals surface area contributed by atoms with Crippen LogP contribution in [-0.4, -0.2) is 35.8 Å². The SMILES string of the molecule is CCCCCCCCCCCCCCCC(=O)[O-].CCCc1cccc(C(=O)[O-])c1.[CH2]CCC.[CH2]CCC.[Sn+2]. The van der Waals surface area contributed by atoms with Gasteiger partial charge in [0.15, 0.2) is 0 Å². The van der Waals surface area contributed by atoms with Gasteiger partial charge in [-0.2, -0.15) is 0 Å². The third-order valence-corrected chi connectivity index (χ3v) is 5.89. The van der Waals surface area contributed by atoms with Crippen molar-refractivity contribution in [2.24, 2.45) is 0 Å². The molecular weight excluding hydrogens is 591 g/mol. The largest absolute Gasteiger partial charge is 2.00 e. The number of carboxylic acid groups (broad SMARTS) is 2. The molecule has 0 aromatic heterocycles. The maximum absolute atomic E-state index is 10.4. The van der Waals surface area contributed by atoms with Crippen molar-refractivity contribution in [2.75, 3.05) is 0 Å². The van der Waals surface area contributed by atoms with Gasteiger partial charge in [-0.1, -0.05) is 169 Å². The Labute approximate surface area is 260 Å². The molecule has 224 valence electrons. The fourth-order valence-electron chi connectivity index (χ4n) is 3.43. The van der Waals surface area contributed by atoms with Crippen LogP contribution >= 0.6 is 0 Å². The van der Waals surface area contributed by atoms with Gasteiger partial charge in [0.1, 0.15) is 0 Å². The number of unbranched alkanes of at least 4 members (excludes halogenated alkanes) is 14. The predicted octanol–water partition coefficient (Wildman–Crippen LogP) is 8.08. The van der Waals surface area contributed by atoms with Crippen molar-refractivity contribution in [3.63, 3.8) is 0 Å². The molecule has 0 amide bonds. The Bertz CT molecular complexity index is 611. The van der Waals surface area contributed by atoms with Gasteiger partial charge in [0, 0.05) is 5.97 Å². The van der Waals surface area contributed by atoms with Crippen LogP contribution in [-0.2, 0) is 11.2 Å². The molecule has 0 aliphatic heterocycles. The van der Waals surface area contributed by atoms with Gasteiger partial charge in [0.25, 0.3) is 0 Å². The molecule has 0 N–H and O–H groups in total. The first kappa shape index (κ1) is 45.0. The van der Waals surface area contributed by atoms with Crippen LogP contribution in [0.1, 0.15) is 166 Å². The van der Waals surface area contributed by atoms with Crippen LogP contribution in [0.5, 0.6) is 0 Å². The van der Waals surface area contributed by atoms with Crippen molar-refractivity contribution in [2.45, 2.75) is 156 Å². The van der Waals surface area contributed by atoms with Gasteiger partial charge in [-0.25, -0.2) is 0 Å². The first-order valence-electron chi connectivity index (χ1n) is 15.4. The number of hydrogen-bond acceptors (Lipinski definition) is 4. The summed E-state index contributed by atoms with van der Waals surface area (Å²) in [4.78, 5) is 20.6. The van der Waals surface area contributed by atoms with Crippen molar-refractivity contribution in [3.05, 3.63) is 49.2 Å². The molecule has 1 aromatic carbocycles. The maximum atomic E-state index is 10.4. The summed E-state index contributed by atoms with van der Waals surface area (Å²) in [7, 11) is 0. The van der Waals surface area contributed by atoms with Gasteiger partial charge in [-0.3, -0.25) is 0 Å². The Kier molecular flexibility index (Phi) is 45.1. The van der Waals surface area contributed by atoms with Crippen LogP contribution in [0.15, 0.2) is 24.3 Å². The number of hydrogen-bond donors (Lipinski definition) is 0. The summed E-state index contributed by atoms with van der Waals surface area (Å²) in [5.74, 6) is -2.01. The minimum Gasteiger partial charge on any atom is -0.550 e. The smallest absolute Gasteiger partial charge is 0.550 e. The Balaban J connectivity index is -0.000000249. The number of carbonyl (C=O) groups is 2. The Morgan fingerprint density at radius 1 is 0.641 bits per heavy atom. The number of carboxylic acids is 2. The maximum Gasteiger partial charge on any atom is 2.00 e. The minimum atomic E-state index is -1.10. The van der Waals surface area contributed by atoms with Crippen molar-refractivity contribution >= 4 is 35.8 Å². The average molecular weight is 652 g/mol. The summed E-state index contributed by atoms with van der Waals surface area (Å²) in [5.41, 5.74) is 1.32. The van der Waals surface area contributed by atoms with Gasteiger partial charge >= 0.3 is 23.9 Å².